The minimum absolute atomic E-state index is 0.0964. The Bertz CT molecular complexity index is 1370. The average Bonchev–Trinajstić information content (AvgIpc) is 2.91. The predicted octanol–water partition coefficient (Wildman–Crippen LogP) is 4.11. The highest BCUT2D eigenvalue weighted by Gasteiger charge is 2.09. The third-order valence-corrected chi connectivity index (χ3v) is 3.81. The summed E-state index contributed by atoms with van der Waals surface area (Å²) < 4.78 is 142. The lowest BCUT2D eigenvalue weighted by atomic mass is 10.1. The van der Waals surface area contributed by atoms with Crippen molar-refractivity contribution in [2.75, 3.05) is 26.2 Å². The van der Waals surface area contributed by atoms with Gasteiger partial charge in [0, 0.05) is 38.9 Å². The van der Waals surface area contributed by atoms with Crippen molar-refractivity contribution in [1.82, 2.24) is 5.32 Å². The van der Waals surface area contributed by atoms with Crippen molar-refractivity contribution in [3.05, 3.63) is 65.2 Å². The Hall–Kier alpha value is -1.92. The first-order valence-electron chi connectivity index (χ1n) is 17.6. The van der Waals surface area contributed by atoms with Gasteiger partial charge in [0.25, 0.3) is 0 Å². The Morgan fingerprint density at radius 3 is 2.60 bits per heavy atom. The van der Waals surface area contributed by atoms with E-state index < -0.39 is 87.6 Å². The Balaban J connectivity index is 2.30. The van der Waals surface area contributed by atoms with Crippen LogP contribution in [0.4, 0.5) is 0 Å². The molecule has 0 radical (unpaired) electrons. The van der Waals surface area contributed by atoms with Crippen molar-refractivity contribution in [3.8, 4) is 5.75 Å². The van der Waals surface area contributed by atoms with Crippen LogP contribution in [-0.4, -0.2) is 41.5 Å². The van der Waals surface area contributed by atoms with Crippen molar-refractivity contribution in [2.45, 2.75) is 57.4 Å². The van der Waals surface area contributed by atoms with Gasteiger partial charge in [-0.05, 0) is 61.8 Å². The molecule has 1 unspecified atom stereocenters. The van der Waals surface area contributed by atoms with Gasteiger partial charge in [0.2, 0.25) is 0 Å². The van der Waals surface area contributed by atoms with Gasteiger partial charge < -0.3 is 25.4 Å². The van der Waals surface area contributed by atoms with E-state index in [9.17, 15) is 15.3 Å². The molecule has 0 aliphatic carbocycles. The summed E-state index contributed by atoms with van der Waals surface area (Å²) >= 11 is 0. The molecule has 5 nitrogen and oxygen atoms in total. The second-order valence-electron chi connectivity index (χ2n) is 5.96. The number of hydrogen-bond donors (Lipinski definition) is 4. The number of ether oxygens (including phenoxy) is 1. The molecule has 2 rings (SSSR count). The number of phenols is 1. The fraction of sp³-hybridized carbons (Fsp3) is 0.520. The first-order chi connectivity index (χ1) is 20.9. The van der Waals surface area contributed by atoms with Crippen molar-refractivity contribution in [3.63, 3.8) is 0 Å². The Labute approximate surface area is 204 Å². The van der Waals surface area contributed by atoms with Crippen molar-refractivity contribution < 1.29 is 43.4 Å². The van der Waals surface area contributed by atoms with E-state index >= 15 is 0 Å². The van der Waals surface area contributed by atoms with E-state index in [-0.39, 0.29) is 6.42 Å². The van der Waals surface area contributed by atoms with E-state index in [0.717, 1.165) is 17.7 Å². The molecule has 166 valence electrons. The lowest BCUT2D eigenvalue weighted by molar-refractivity contribution is 0.126. The van der Waals surface area contributed by atoms with Crippen LogP contribution in [0, 0.1) is 0 Å². The lowest BCUT2D eigenvalue weighted by Crippen LogP contribution is -2.22. The van der Waals surface area contributed by atoms with Crippen LogP contribution in [0.1, 0.15) is 84.4 Å². The molecule has 4 N–H and O–H groups in total. The Morgan fingerprint density at radius 1 is 1.00 bits per heavy atom. The minimum atomic E-state index is -4.28. The zero-order chi connectivity index (χ0) is 36.7. The summed E-state index contributed by atoms with van der Waals surface area (Å²) in [6.07, 6.45) is -19.8. The van der Waals surface area contributed by atoms with Crippen LogP contribution in [0.2, 0.25) is 0 Å². The maximum Gasteiger partial charge on any atom is 0.121 e. The monoisotopic (exact) mass is 432 g/mol. The van der Waals surface area contributed by atoms with Crippen LogP contribution < -0.4 is 5.32 Å². The molecule has 0 saturated heterocycles. The summed E-state index contributed by atoms with van der Waals surface area (Å²) in [6, 6.07) is 11.2. The number of aryl methyl sites for hydroxylation is 1. The molecule has 0 bridgehead atoms. The van der Waals surface area contributed by atoms with Gasteiger partial charge in [0.05, 0.1) is 22.2 Å². The second kappa shape index (κ2) is 15.0. The number of nitrogens with one attached hydrogen (secondary N) is 1. The Morgan fingerprint density at radius 2 is 1.80 bits per heavy atom. The van der Waals surface area contributed by atoms with Gasteiger partial charge in [-0.3, -0.25) is 0 Å². The third-order valence-electron chi connectivity index (χ3n) is 3.81. The maximum absolute atomic E-state index is 10.6. The highest BCUT2D eigenvalue weighted by atomic mass is 16.5. The Kier molecular flexibility index (Phi) is 4.84. The zero-order valence-electron chi connectivity index (χ0n) is 33.2. The molecule has 0 spiro atoms. The molecule has 0 aliphatic rings. The summed E-state index contributed by atoms with van der Waals surface area (Å²) in [4.78, 5) is 0. The SMILES string of the molecule is [2H]C([2H])(CCCc1ccccc1)OC([2H])([2H])C([2H])([2H])C([2H])([2H])C([2H])([2H])C([2H])([2H])C([2H])([2H])NCC([2H])(O)c1ccc(O)c(C([2H])([2H])O)c1. The van der Waals surface area contributed by atoms with Gasteiger partial charge in [0.1, 0.15) is 5.75 Å². The van der Waals surface area contributed by atoms with E-state index in [1.807, 2.05) is 0 Å². The molecular formula is C25H37NO4. The van der Waals surface area contributed by atoms with Gasteiger partial charge in [-0.1, -0.05) is 49.1 Å². The second-order valence-corrected chi connectivity index (χ2v) is 5.96. The molecule has 0 saturated carbocycles. The molecule has 2 aromatic rings. The number of aromatic hydroxyl groups is 1. The molecule has 2 aromatic carbocycles. The van der Waals surface area contributed by atoms with Crippen LogP contribution in [-0.2, 0) is 17.7 Å². The number of hydrogen-bond acceptors (Lipinski definition) is 5. The molecule has 1 atom stereocenters. The molecule has 0 aliphatic heterocycles. The fourth-order valence-electron chi connectivity index (χ4n) is 2.32. The van der Waals surface area contributed by atoms with Gasteiger partial charge in [-0.25, -0.2) is 0 Å². The summed E-state index contributed by atoms with van der Waals surface area (Å²) in [5.41, 5.74) is -0.492. The van der Waals surface area contributed by atoms with Crippen molar-refractivity contribution >= 4 is 0 Å². The third kappa shape index (κ3) is 9.72. The standard InChI is InChI=1S/C25H37NO4/c27-20-23-18-22(13-14-24(23)28)25(29)19-26-15-7-1-2-8-16-30-17-9-6-12-21-10-4-3-5-11-21/h3-5,10-11,13-14,18,25-29H,1-2,6-9,12,15-17,19-20H2/i1D2,2D2,7D2,8D2,15D2,16D2,17D2,20D2,25D. The average molecular weight is 433 g/mol. The van der Waals surface area contributed by atoms with E-state index in [1.54, 1.807) is 35.6 Å². The highest BCUT2D eigenvalue weighted by molar-refractivity contribution is 5.36. The largest absolute Gasteiger partial charge is 0.508 e. The smallest absolute Gasteiger partial charge is 0.121 e. The molecule has 0 heterocycles. The van der Waals surface area contributed by atoms with Crippen LogP contribution in [0.25, 0.3) is 0 Å². The van der Waals surface area contributed by atoms with Crippen LogP contribution in [0.15, 0.2) is 48.5 Å². The zero-order valence-corrected chi connectivity index (χ0v) is 16.2. The van der Waals surface area contributed by atoms with Crippen LogP contribution in [0.5, 0.6) is 5.75 Å². The molecule has 0 aromatic heterocycles. The van der Waals surface area contributed by atoms with E-state index in [1.165, 1.54) is 0 Å². The van der Waals surface area contributed by atoms with Gasteiger partial charge in [0.15, 0.2) is 0 Å². The van der Waals surface area contributed by atoms with Crippen LogP contribution in [0.3, 0.4) is 0 Å². The quantitative estimate of drug-likeness (QED) is 0.321. The van der Waals surface area contributed by atoms with Crippen molar-refractivity contribution in [1.29, 1.82) is 0 Å². The summed E-state index contributed by atoms with van der Waals surface area (Å²) in [7, 11) is 0. The summed E-state index contributed by atoms with van der Waals surface area (Å²) in [5, 5.41) is 31.8. The van der Waals surface area contributed by atoms with Crippen LogP contribution >= 0.6 is 0 Å². The van der Waals surface area contributed by atoms with E-state index in [2.05, 4.69) is 0 Å². The highest BCUT2D eigenvalue weighted by Crippen LogP contribution is 2.22. The number of rotatable bonds is 16. The molecule has 0 fully saturated rings. The van der Waals surface area contributed by atoms with E-state index in [4.69, 9.17) is 28.0 Å². The van der Waals surface area contributed by atoms with Gasteiger partial charge in [-0.2, -0.15) is 0 Å². The molecular weight excluding hydrogens is 378 g/mol. The normalized spacial score (nSPS) is 25.5. The number of aliphatic hydroxyl groups is 2. The topological polar surface area (TPSA) is 82.0 Å². The van der Waals surface area contributed by atoms with Gasteiger partial charge in [-0.15, -0.1) is 0 Å². The first kappa shape index (κ1) is 9.70. The van der Waals surface area contributed by atoms with E-state index in [0.29, 0.717) is 12.5 Å². The molecule has 30 heavy (non-hydrogen) atoms. The maximum atomic E-state index is 10.6. The lowest BCUT2D eigenvalue weighted by Gasteiger charge is -2.14. The minimum Gasteiger partial charge on any atom is -0.508 e. The summed E-state index contributed by atoms with van der Waals surface area (Å²) in [6.45, 7) is -15.0. The molecule has 5 heteroatoms. The molecule has 0 amide bonds. The predicted molar refractivity (Wildman–Crippen MR) is 121 cm³/mol. The first-order valence-corrected chi connectivity index (χ1v) is 9.14. The summed E-state index contributed by atoms with van der Waals surface area (Å²) in [5.74, 6) is -0.759. The van der Waals surface area contributed by atoms with Gasteiger partial charge >= 0.3 is 0 Å². The van der Waals surface area contributed by atoms with Crippen molar-refractivity contribution in [2.24, 2.45) is 0 Å². The fourth-order valence-corrected chi connectivity index (χ4v) is 2.32. The number of benzene rings is 2.